The summed E-state index contributed by atoms with van der Waals surface area (Å²) in [6.45, 7) is 0.683. The van der Waals surface area contributed by atoms with Gasteiger partial charge in [0.1, 0.15) is 4.21 Å². The second kappa shape index (κ2) is 6.66. The summed E-state index contributed by atoms with van der Waals surface area (Å²) in [5, 5.41) is 10.9. The van der Waals surface area contributed by atoms with E-state index in [1.807, 2.05) is 0 Å². The van der Waals surface area contributed by atoms with Gasteiger partial charge in [0.25, 0.3) is 0 Å². The molecule has 0 unspecified atom stereocenters. The summed E-state index contributed by atoms with van der Waals surface area (Å²) in [5.74, 6) is -0.115. The number of sulfonamides is 1. The quantitative estimate of drug-likeness (QED) is 0.795. The summed E-state index contributed by atoms with van der Waals surface area (Å²) >= 11 is 1.14. The number of rotatable bonds is 6. The zero-order valence-electron chi connectivity index (χ0n) is 11.0. The van der Waals surface area contributed by atoms with Crippen LogP contribution >= 0.6 is 11.3 Å². The number of likely N-dealkylation sites (tertiary alicyclic amines) is 1. The Kier molecular flexibility index (Phi) is 5.14. The monoisotopic (exact) mass is 318 g/mol. The van der Waals surface area contributed by atoms with Crippen LogP contribution < -0.4 is 4.72 Å². The van der Waals surface area contributed by atoms with Crippen molar-refractivity contribution < 1.29 is 18.3 Å². The first-order valence-corrected chi connectivity index (χ1v) is 8.84. The second-order valence-corrected chi connectivity index (χ2v) is 7.59. The normalized spacial score (nSPS) is 19.4. The molecule has 1 aliphatic heterocycles. The van der Waals surface area contributed by atoms with Crippen molar-refractivity contribution in [3.8, 4) is 0 Å². The molecule has 0 aliphatic carbocycles. The molecule has 0 radical (unpaired) electrons. The molecule has 0 bridgehead atoms. The van der Waals surface area contributed by atoms with Crippen LogP contribution in [0.2, 0.25) is 0 Å². The summed E-state index contributed by atoms with van der Waals surface area (Å²) in [6, 6.07) is 3.08. The van der Waals surface area contributed by atoms with Crippen LogP contribution in [0.4, 0.5) is 0 Å². The fraction of sp³-hybridized carbons (Fsp3) is 0.583. The van der Waals surface area contributed by atoms with E-state index in [0.29, 0.717) is 6.54 Å². The molecule has 1 amide bonds. The van der Waals surface area contributed by atoms with Gasteiger partial charge in [0.2, 0.25) is 15.9 Å². The number of nitrogens with one attached hydrogen (secondary N) is 1. The van der Waals surface area contributed by atoms with Crippen molar-refractivity contribution in [2.24, 2.45) is 0 Å². The third-order valence-corrected chi connectivity index (χ3v) is 6.16. The Bertz CT molecular complexity index is 542. The van der Waals surface area contributed by atoms with Gasteiger partial charge in [0.15, 0.2) is 0 Å². The molecule has 1 atom stereocenters. The first-order chi connectivity index (χ1) is 9.54. The Balaban J connectivity index is 1.83. The Labute approximate surface area is 122 Å². The molecule has 112 valence electrons. The first kappa shape index (κ1) is 15.4. The number of hydrogen-bond acceptors (Lipinski definition) is 5. The molecule has 2 rings (SSSR count). The van der Waals surface area contributed by atoms with E-state index in [1.54, 1.807) is 16.3 Å². The van der Waals surface area contributed by atoms with Crippen LogP contribution in [0.5, 0.6) is 0 Å². The number of aliphatic hydroxyl groups excluding tert-OH is 1. The van der Waals surface area contributed by atoms with Crippen LogP contribution in [0.25, 0.3) is 0 Å². The van der Waals surface area contributed by atoms with Crippen molar-refractivity contribution in [2.45, 2.75) is 29.5 Å². The number of amides is 1. The van der Waals surface area contributed by atoms with Crippen molar-refractivity contribution in [2.75, 3.05) is 19.7 Å². The molecule has 1 aromatic heterocycles. The molecule has 8 heteroatoms. The van der Waals surface area contributed by atoms with Gasteiger partial charge in [-0.2, -0.15) is 0 Å². The smallest absolute Gasteiger partial charge is 0.250 e. The highest BCUT2D eigenvalue weighted by atomic mass is 32.2. The lowest BCUT2D eigenvalue weighted by Gasteiger charge is -2.23. The lowest BCUT2D eigenvalue weighted by Crippen LogP contribution is -2.39. The van der Waals surface area contributed by atoms with Gasteiger partial charge in [-0.05, 0) is 24.3 Å². The van der Waals surface area contributed by atoms with E-state index in [2.05, 4.69) is 4.72 Å². The van der Waals surface area contributed by atoms with Crippen LogP contribution in [0.3, 0.4) is 0 Å². The van der Waals surface area contributed by atoms with Crippen LogP contribution in [-0.2, 0) is 14.8 Å². The van der Waals surface area contributed by atoms with E-state index in [4.69, 9.17) is 5.11 Å². The van der Waals surface area contributed by atoms with Crippen LogP contribution in [0, 0.1) is 0 Å². The topological polar surface area (TPSA) is 86.7 Å². The van der Waals surface area contributed by atoms with Gasteiger partial charge in [-0.25, -0.2) is 13.1 Å². The van der Waals surface area contributed by atoms with Gasteiger partial charge in [-0.1, -0.05) is 6.07 Å². The van der Waals surface area contributed by atoms with Gasteiger partial charge in [-0.15, -0.1) is 11.3 Å². The second-order valence-electron chi connectivity index (χ2n) is 4.65. The van der Waals surface area contributed by atoms with Crippen molar-refractivity contribution in [1.82, 2.24) is 9.62 Å². The Morgan fingerprint density at radius 1 is 1.55 bits per heavy atom. The molecule has 0 saturated carbocycles. The van der Waals surface area contributed by atoms with Gasteiger partial charge >= 0.3 is 0 Å². The summed E-state index contributed by atoms with van der Waals surface area (Å²) in [5.41, 5.74) is 0. The van der Waals surface area contributed by atoms with Gasteiger partial charge in [0, 0.05) is 19.5 Å². The van der Waals surface area contributed by atoms with E-state index in [0.717, 1.165) is 24.2 Å². The average molecular weight is 318 g/mol. The van der Waals surface area contributed by atoms with Crippen molar-refractivity contribution in [1.29, 1.82) is 0 Å². The zero-order chi connectivity index (χ0) is 14.6. The zero-order valence-corrected chi connectivity index (χ0v) is 12.6. The van der Waals surface area contributed by atoms with Gasteiger partial charge < -0.3 is 10.0 Å². The summed E-state index contributed by atoms with van der Waals surface area (Å²) in [6.07, 6.45) is 1.81. The molecule has 6 nitrogen and oxygen atoms in total. The molecule has 2 N–H and O–H groups in total. The third kappa shape index (κ3) is 3.57. The number of thiophene rings is 1. The molecular formula is C12H18N2O4S2. The van der Waals surface area contributed by atoms with E-state index in [1.165, 1.54) is 6.07 Å². The minimum Gasteiger partial charge on any atom is -0.394 e. The lowest BCUT2D eigenvalue weighted by molar-refractivity contribution is -0.132. The minimum absolute atomic E-state index is 0.0351. The SMILES string of the molecule is O=C(CCNS(=O)(=O)c1cccs1)N1CCC[C@@H]1CO. The Morgan fingerprint density at radius 3 is 3.00 bits per heavy atom. The van der Waals surface area contributed by atoms with Crippen molar-refractivity contribution >= 4 is 27.3 Å². The van der Waals surface area contributed by atoms with Crippen LogP contribution in [0.15, 0.2) is 21.7 Å². The van der Waals surface area contributed by atoms with E-state index in [9.17, 15) is 13.2 Å². The lowest BCUT2D eigenvalue weighted by atomic mass is 10.2. The highest BCUT2D eigenvalue weighted by molar-refractivity contribution is 7.91. The molecule has 20 heavy (non-hydrogen) atoms. The third-order valence-electron chi connectivity index (χ3n) is 3.30. The van der Waals surface area contributed by atoms with Crippen LogP contribution in [-0.4, -0.2) is 50.1 Å². The summed E-state index contributed by atoms with van der Waals surface area (Å²) in [4.78, 5) is 13.6. The minimum atomic E-state index is -3.51. The predicted molar refractivity (Wildman–Crippen MR) is 75.9 cm³/mol. The molecule has 2 heterocycles. The number of nitrogens with zero attached hydrogens (tertiary/aromatic N) is 1. The largest absolute Gasteiger partial charge is 0.394 e. The Hall–Kier alpha value is -0.960. The molecule has 0 spiro atoms. The first-order valence-electron chi connectivity index (χ1n) is 6.48. The molecule has 0 aromatic carbocycles. The molecular weight excluding hydrogens is 300 g/mol. The predicted octanol–water partition coefficient (Wildman–Crippen LogP) is 0.400. The number of aliphatic hydroxyl groups is 1. The van der Waals surface area contributed by atoms with E-state index >= 15 is 0 Å². The maximum absolute atomic E-state index is 12.0. The van der Waals surface area contributed by atoms with E-state index < -0.39 is 10.0 Å². The fourth-order valence-electron chi connectivity index (χ4n) is 2.28. The van der Waals surface area contributed by atoms with E-state index in [-0.39, 0.29) is 35.7 Å². The molecule has 1 aromatic rings. The standard InChI is InChI=1S/C12H18N2O4S2/c15-9-10-3-1-7-14(10)11(16)5-6-13-20(17,18)12-4-2-8-19-12/h2,4,8,10,13,15H,1,3,5-7,9H2/t10-/m1/s1. The maximum atomic E-state index is 12.0. The van der Waals surface area contributed by atoms with Crippen molar-refractivity contribution in [3.63, 3.8) is 0 Å². The molecule has 1 fully saturated rings. The highest BCUT2D eigenvalue weighted by Gasteiger charge is 2.27. The van der Waals surface area contributed by atoms with Crippen LogP contribution in [0.1, 0.15) is 19.3 Å². The van der Waals surface area contributed by atoms with Crippen molar-refractivity contribution in [3.05, 3.63) is 17.5 Å². The van der Waals surface area contributed by atoms with Gasteiger partial charge in [-0.3, -0.25) is 4.79 Å². The maximum Gasteiger partial charge on any atom is 0.250 e. The number of carbonyl (C=O) groups is 1. The molecule has 1 aliphatic rings. The fourth-order valence-corrected chi connectivity index (χ4v) is 4.35. The summed E-state index contributed by atoms with van der Waals surface area (Å²) < 4.78 is 26.4. The number of carbonyl (C=O) groups excluding carboxylic acids is 1. The average Bonchev–Trinajstić information content (AvgIpc) is 3.09. The van der Waals surface area contributed by atoms with Gasteiger partial charge in [0.05, 0.1) is 12.6 Å². The summed E-state index contributed by atoms with van der Waals surface area (Å²) in [7, 11) is -3.51. The number of hydrogen-bond donors (Lipinski definition) is 2. The Morgan fingerprint density at radius 2 is 2.35 bits per heavy atom. The molecule has 1 saturated heterocycles. The highest BCUT2D eigenvalue weighted by Crippen LogP contribution is 2.18.